The van der Waals surface area contributed by atoms with Crippen LogP contribution in [0.25, 0.3) is 0 Å². The van der Waals surface area contributed by atoms with Gasteiger partial charge in [0, 0.05) is 12.5 Å². The number of thiophene rings is 1. The molecule has 112 valence electrons. The van der Waals surface area contributed by atoms with Gasteiger partial charge in [-0.25, -0.2) is 4.39 Å². The zero-order valence-corrected chi connectivity index (χ0v) is 12.6. The molecule has 1 aromatic carbocycles. The van der Waals surface area contributed by atoms with Gasteiger partial charge in [0.15, 0.2) is 0 Å². The number of hydrogen-bond donors (Lipinski definition) is 0. The minimum atomic E-state index is -0.372. The van der Waals surface area contributed by atoms with E-state index in [4.69, 9.17) is 9.47 Å². The second-order valence-electron chi connectivity index (χ2n) is 4.70. The molecule has 1 unspecified atom stereocenters. The largest absolute Gasteiger partial charge is 0.490 e. The first-order valence-electron chi connectivity index (χ1n) is 6.72. The summed E-state index contributed by atoms with van der Waals surface area (Å²) >= 11 is 1.61. The van der Waals surface area contributed by atoms with Gasteiger partial charge < -0.3 is 9.47 Å². The predicted octanol–water partition coefficient (Wildman–Crippen LogP) is 3.83. The van der Waals surface area contributed by atoms with Crippen LogP contribution >= 0.6 is 11.3 Å². The highest BCUT2D eigenvalue weighted by molar-refractivity contribution is 7.07. The maximum Gasteiger partial charge on any atom is 0.306 e. The van der Waals surface area contributed by atoms with Crippen LogP contribution in [0, 0.1) is 5.82 Å². The van der Waals surface area contributed by atoms with E-state index >= 15 is 0 Å². The highest BCUT2D eigenvalue weighted by atomic mass is 32.1. The average molecular weight is 308 g/mol. The first kappa shape index (κ1) is 15.5. The summed E-state index contributed by atoms with van der Waals surface area (Å²) < 4.78 is 23.6. The van der Waals surface area contributed by atoms with E-state index in [2.05, 4.69) is 0 Å². The zero-order valence-electron chi connectivity index (χ0n) is 11.8. The van der Waals surface area contributed by atoms with Crippen molar-refractivity contribution in [3.63, 3.8) is 0 Å². The van der Waals surface area contributed by atoms with Gasteiger partial charge in [0.05, 0.1) is 0 Å². The van der Waals surface area contributed by atoms with E-state index in [0.29, 0.717) is 18.6 Å². The van der Waals surface area contributed by atoms with Crippen molar-refractivity contribution in [3.05, 3.63) is 52.5 Å². The molecule has 0 fully saturated rings. The van der Waals surface area contributed by atoms with Gasteiger partial charge in [-0.15, -0.1) is 0 Å². The molecule has 0 bridgehead atoms. The summed E-state index contributed by atoms with van der Waals surface area (Å²) in [6.07, 6.45) is 0.657. The van der Waals surface area contributed by atoms with Crippen LogP contribution in [0.3, 0.4) is 0 Å². The highest BCUT2D eigenvalue weighted by Gasteiger charge is 2.11. The summed E-state index contributed by atoms with van der Waals surface area (Å²) in [5, 5.41) is 4.00. The summed E-state index contributed by atoms with van der Waals surface area (Å²) in [5.41, 5.74) is 1.14. The van der Waals surface area contributed by atoms with Crippen LogP contribution in [0.5, 0.6) is 5.75 Å². The third-order valence-corrected chi connectivity index (χ3v) is 3.54. The van der Waals surface area contributed by atoms with Crippen molar-refractivity contribution in [2.75, 3.05) is 6.61 Å². The van der Waals surface area contributed by atoms with Gasteiger partial charge >= 0.3 is 5.97 Å². The fourth-order valence-electron chi connectivity index (χ4n) is 1.77. The molecule has 1 atom stereocenters. The van der Waals surface area contributed by atoms with Crippen LogP contribution in [0.15, 0.2) is 41.1 Å². The molecule has 0 radical (unpaired) electrons. The summed E-state index contributed by atoms with van der Waals surface area (Å²) in [4.78, 5) is 11.7. The van der Waals surface area contributed by atoms with Gasteiger partial charge in [-0.05, 0) is 47.9 Å². The molecular weight excluding hydrogens is 291 g/mol. The lowest BCUT2D eigenvalue weighted by Gasteiger charge is -2.14. The summed E-state index contributed by atoms with van der Waals surface area (Å²) in [6.45, 7) is 1.95. The molecule has 0 amide bonds. The molecule has 1 heterocycles. The number of carbonyl (C=O) groups is 1. The van der Waals surface area contributed by atoms with Crippen LogP contribution in [0.4, 0.5) is 4.39 Å². The molecule has 0 aliphatic rings. The summed E-state index contributed by atoms with van der Waals surface area (Å²) in [7, 11) is 0. The van der Waals surface area contributed by atoms with Gasteiger partial charge in [-0.2, -0.15) is 11.3 Å². The number of halogens is 1. The second kappa shape index (κ2) is 7.78. The molecule has 0 aliphatic carbocycles. The van der Waals surface area contributed by atoms with Crippen molar-refractivity contribution < 1.29 is 18.7 Å². The zero-order chi connectivity index (χ0) is 15.1. The fourth-order valence-corrected chi connectivity index (χ4v) is 2.47. The summed E-state index contributed by atoms with van der Waals surface area (Å²) in [5.74, 6) is -0.180. The van der Waals surface area contributed by atoms with Crippen molar-refractivity contribution in [1.82, 2.24) is 0 Å². The van der Waals surface area contributed by atoms with E-state index in [1.54, 1.807) is 30.4 Å². The number of ether oxygens (including phenoxy) is 2. The van der Waals surface area contributed by atoms with Crippen LogP contribution < -0.4 is 4.74 Å². The molecule has 3 nitrogen and oxygen atoms in total. The first-order valence-corrected chi connectivity index (χ1v) is 7.66. The van der Waals surface area contributed by atoms with Gasteiger partial charge in [-0.3, -0.25) is 4.79 Å². The number of carbonyl (C=O) groups excluding carboxylic acids is 1. The lowest BCUT2D eigenvalue weighted by Crippen LogP contribution is -2.22. The molecule has 2 rings (SSSR count). The third-order valence-electron chi connectivity index (χ3n) is 2.81. The molecule has 1 aromatic heterocycles. The van der Waals surface area contributed by atoms with Crippen LogP contribution in [0.1, 0.15) is 18.9 Å². The van der Waals surface area contributed by atoms with Crippen molar-refractivity contribution in [2.45, 2.75) is 25.9 Å². The van der Waals surface area contributed by atoms with Crippen molar-refractivity contribution in [3.8, 4) is 5.75 Å². The van der Waals surface area contributed by atoms with E-state index in [1.165, 1.54) is 12.1 Å². The third kappa shape index (κ3) is 5.55. The molecular formula is C16H17FO3S. The maximum absolute atomic E-state index is 13.0. The lowest BCUT2D eigenvalue weighted by atomic mass is 10.2. The number of hydrogen-bond acceptors (Lipinski definition) is 4. The molecule has 21 heavy (non-hydrogen) atoms. The molecule has 0 saturated heterocycles. The van der Waals surface area contributed by atoms with Gasteiger partial charge in [-0.1, -0.05) is 6.07 Å². The van der Waals surface area contributed by atoms with E-state index in [-0.39, 0.29) is 24.5 Å². The lowest BCUT2D eigenvalue weighted by molar-refractivity contribution is -0.149. The first-order chi connectivity index (χ1) is 10.1. The Morgan fingerprint density at radius 2 is 2.24 bits per heavy atom. The van der Waals surface area contributed by atoms with Crippen LogP contribution in [0.2, 0.25) is 0 Å². The van der Waals surface area contributed by atoms with Crippen molar-refractivity contribution >= 4 is 17.3 Å². The minimum absolute atomic E-state index is 0.202. The van der Waals surface area contributed by atoms with Gasteiger partial charge in [0.2, 0.25) is 0 Å². The Morgan fingerprint density at radius 3 is 2.95 bits per heavy atom. The maximum atomic E-state index is 13.0. The van der Waals surface area contributed by atoms with Crippen molar-refractivity contribution in [1.29, 1.82) is 0 Å². The quantitative estimate of drug-likeness (QED) is 0.729. The Bertz CT molecular complexity index is 569. The Morgan fingerprint density at radius 1 is 1.38 bits per heavy atom. The average Bonchev–Trinajstić information content (AvgIpc) is 2.96. The molecule has 0 N–H and O–H groups in total. The fraction of sp³-hybridized carbons (Fsp3) is 0.312. The molecule has 0 aliphatic heterocycles. The predicted molar refractivity (Wildman–Crippen MR) is 80.1 cm³/mol. The normalized spacial score (nSPS) is 11.9. The Hall–Kier alpha value is -1.88. The monoisotopic (exact) mass is 308 g/mol. The Kier molecular flexibility index (Phi) is 5.75. The van der Waals surface area contributed by atoms with E-state index in [0.717, 1.165) is 5.56 Å². The molecule has 0 spiro atoms. The molecule has 5 heteroatoms. The number of esters is 1. The number of rotatable bonds is 7. The van der Waals surface area contributed by atoms with Gasteiger partial charge in [0.25, 0.3) is 0 Å². The van der Waals surface area contributed by atoms with Crippen LogP contribution in [-0.4, -0.2) is 18.7 Å². The Labute approximate surface area is 127 Å². The van der Waals surface area contributed by atoms with E-state index in [1.807, 2.05) is 16.8 Å². The standard InChI is InChI=1S/C16H17FO3S/c1-12(10-19-15-4-2-3-14(17)9-15)20-16(18)6-5-13-7-8-21-11-13/h2-4,7-9,11-12H,5-6,10H2,1H3. The SMILES string of the molecule is CC(COc1cccc(F)c1)OC(=O)CCc1ccsc1. The minimum Gasteiger partial charge on any atom is -0.490 e. The van der Waals surface area contributed by atoms with Crippen LogP contribution in [-0.2, 0) is 16.0 Å². The van der Waals surface area contributed by atoms with E-state index in [9.17, 15) is 9.18 Å². The van der Waals surface area contributed by atoms with E-state index < -0.39 is 0 Å². The van der Waals surface area contributed by atoms with Gasteiger partial charge in [0.1, 0.15) is 24.3 Å². The Balaban J connectivity index is 1.68. The second-order valence-corrected chi connectivity index (χ2v) is 5.48. The highest BCUT2D eigenvalue weighted by Crippen LogP contribution is 2.13. The number of benzene rings is 1. The smallest absolute Gasteiger partial charge is 0.306 e. The molecule has 0 saturated carbocycles. The topological polar surface area (TPSA) is 35.5 Å². The van der Waals surface area contributed by atoms with Crippen molar-refractivity contribution in [2.24, 2.45) is 0 Å². The number of aryl methyl sites for hydroxylation is 1. The summed E-state index contributed by atoms with van der Waals surface area (Å²) in [6, 6.07) is 7.87. The molecule has 2 aromatic rings.